The Morgan fingerprint density at radius 2 is 2.07 bits per heavy atom. The molecule has 1 aromatic heterocycles. The van der Waals surface area contributed by atoms with E-state index in [0.29, 0.717) is 10.9 Å². The van der Waals surface area contributed by atoms with E-state index < -0.39 is 5.97 Å². The molecule has 0 aliphatic rings. The number of benzene rings is 1. The highest BCUT2D eigenvalue weighted by atomic mass is 127. The molecule has 0 aliphatic heterocycles. The SMILES string of the molecule is O=C(O)c1cc(=O)c2ccc(I)cc2[nH]1. The second-order valence-corrected chi connectivity index (χ2v) is 4.29. The van der Waals surface area contributed by atoms with Gasteiger partial charge in [-0.3, -0.25) is 4.79 Å². The molecule has 0 aliphatic carbocycles. The molecule has 0 fully saturated rings. The van der Waals surface area contributed by atoms with Crippen LogP contribution in [0.3, 0.4) is 0 Å². The molecule has 0 amide bonds. The Balaban J connectivity index is 2.85. The van der Waals surface area contributed by atoms with E-state index in [0.717, 1.165) is 9.64 Å². The van der Waals surface area contributed by atoms with Crippen molar-refractivity contribution < 1.29 is 9.90 Å². The first-order valence-electron chi connectivity index (χ1n) is 4.14. The van der Waals surface area contributed by atoms with Crippen molar-refractivity contribution in [2.24, 2.45) is 0 Å². The number of carboxylic acid groups (broad SMARTS) is 1. The number of hydrogen-bond acceptors (Lipinski definition) is 2. The summed E-state index contributed by atoms with van der Waals surface area (Å²) in [5.41, 5.74) is 0.179. The highest BCUT2D eigenvalue weighted by Crippen LogP contribution is 2.12. The summed E-state index contributed by atoms with van der Waals surface area (Å²) < 4.78 is 0.943. The first-order chi connectivity index (χ1) is 7.08. The Morgan fingerprint density at radius 3 is 2.73 bits per heavy atom. The minimum absolute atomic E-state index is 0.0884. The van der Waals surface area contributed by atoms with Crippen LogP contribution in [0.15, 0.2) is 29.1 Å². The molecule has 0 spiro atoms. The lowest BCUT2D eigenvalue weighted by molar-refractivity contribution is 0.0691. The van der Waals surface area contributed by atoms with Gasteiger partial charge in [0.25, 0.3) is 0 Å². The lowest BCUT2D eigenvalue weighted by Crippen LogP contribution is -2.09. The first kappa shape index (κ1) is 10.2. The maximum atomic E-state index is 11.5. The standard InChI is InChI=1S/C10H6INO3/c11-5-1-2-6-7(3-5)12-8(10(14)15)4-9(6)13/h1-4H,(H,12,13)(H,14,15). The highest BCUT2D eigenvalue weighted by Gasteiger charge is 2.07. The average Bonchev–Trinajstić information content (AvgIpc) is 2.16. The summed E-state index contributed by atoms with van der Waals surface area (Å²) >= 11 is 2.10. The summed E-state index contributed by atoms with van der Waals surface area (Å²) in [5, 5.41) is 9.27. The average molecular weight is 315 g/mol. The number of aromatic carboxylic acids is 1. The van der Waals surface area contributed by atoms with E-state index >= 15 is 0 Å². The normalized spacial score (nSPS) is 10.5. The maximum Gasteiger partial charge on any atom is 0.352 e. The van der Waals surface area contributed by atoms with Gasteiger partial charge in [0.2, 0.25) is 0 Å². The first-order valence-corrected chi connectivity index (χ1v) is 5.21. The molecule has 2 N–H and O–H groups in total. The van der Waals surface area contributed by atoms with E-state index in [1.165, 1.54) is 0 Å². The molecule has 1 heterocycles. The fourth-order valence-corrected chi connectivity index (χ4v) is 1.83. The molecule has 2 aromatic rings. The molecule has 2 rings (SSSR count). The van der Waals surface area contributed by atoms with Crippen LogP contribution in [0.2, 0.25) is 0 Å². The predicted molar refractivity (Wildman–Crippen MR) is 64.2 cm³/mol. The van der Waals surface area contributed by atoms with Crippen LogP contribution in [-0.2, 0) is 0 Å². The Kier molecular flexibility index (Phi) is 2.47. The summed E-state index contributed by atoms with van der Waals surface area (Å²) in [5.74, 6) is -1.13. The molecule has 76 valence electrons. The van der Waals surface area contributed by atoms with Gasteiger partial charge >= 0.3 is 5.97 Å². The molecular formula is C10H6INO3. The van der Waals surface area contributed by atoms with Crippen LogP contribution in [0, 0.1) is 3.57 Å². The van der Waals surface area contributed by atoms with E-state index in [4.69, 9.17) is 5.11 Å². The molecule has 15 heavy (non-hydrogen) atoms. The topological polar surface area (TPSA) is 70.2 Å². The van der Waals surface area contributed by atoms with Crippen LogP contribution in [-0.4, -0.2) is 16.1 Å². The number of aromatic nitrogens is 1. The molecule has 1 aromatic carbocycles. The van der Waals surface area contributed by atoms with E-state index in [1.807, 2.05) is 0 Å². The van der Waals surface area contributed by atoms with E-state index in [2.05, 4.69) is 27.6 Å². The summed E-state index contributed by atoms with van der Waals surface area (Å²) in [6.07, 6.45) is 0. The Labute approximate surface area is 98.1 Å². The van der Waals surface area contributed by atoms with Crippen molar-refractivity contribution in [1.29, 1.82) is 0 Å². The van der Waals surface area contributed by atoms with Crippen molar-refractivity contribution in [2.45, 2.75) is 0 Å². The number of aromatic amines is 1. The van der Waals surface area contributed by atoms with Crippen molar-refractivity contribution in [2.75, 3.05) is 0 Å². The Morgan fingerprint density at radius 1 is 1.33 bits per heavy atom. The summed E-state index contributed by atoms with van der Waals surface area (Å²) in [6.45, 7) is 0. The van der Waals surface area contributed by atoms with Crippen LogP contribution in [0.4, 0.5) is 0 Å². The third kappa shape index (κ3) is 1.87. The van der Waals surface area contributed by atoms with Gasteiger partial charge in [0.05, 0.1) is 5.52 Å². The number of H-pyrrole nitrogens is 1. The molecule has 0 saturated heterocycles. The van der Waals surface area contributed by atoms with Gasteiger partial charge in [-0.15, -0.1) is 0 Å². The largest absolute Gasteiger partial charge is 0.477 e. The zero-order valence-electron chi connectivity index (χ0n) is 7.45. The lowest BCUT2D eigenvalue weighted by atomic mass is 10.2. The number of carboxylic acids is 1. The molecule has 0 radical (unpaired) electrons. The summed E-state index contributed by atoms with van der Waals surface area (Å²) in [4.78, 5) is 24.9. The van der Waals surface area contributed by atoms with Gasteiger partial charge < -0.3 is 10.1 Å². The second-order valence-electron chi connectivity index (χ2n) is 3.04. The summed E-state index contributed by atoms with van der Waals surface area (Å²) in [7, 11) is 0. The molecule has 0 bridgehead atoms. The van der Waals surface area contributed by atoms with Crippen LogP contribution < -0.4 is 5.43 Å². The van der Waals surface area contributed by atoms with Gasteiger partial charge in [0, 0.05) is 15.0 Å². The maximum absolute atomic E-state index is 11.5. The smallest absolute Gasteiger partial charge is 0.352 e. The van der Waals surface area contributed by atoms with Gasteiger partial charge in [-0.1, -0.05) is 0 Å². The zero-order chi connectivity index (χ0) is 11.0. The number of nitrogens with one attached hydrogen (secondary N) is 1. The quantitative estimate of drug-likeness (QED) is 0.789. The van der Waals surface area contributed by atoms with Gasteiger partial charge in [0.1, 0.15) is 5.69 Å². The second kappa shape index (κ2) is 3.65. The van der Waals surface area contributed by atoms with E-state index in [1.54, 1.807) is 18.2 Å². The zero-order valence-corrected chi connectivity index (χ0v) is 9.61. The molecular weight excluding hydrogens is 309 g/mol. The van der Waals surface area contributed by atoms with Gasteiger partial charge in [0.15, 0.2) is 5.43 Å². The minimum Gasteiger partial charge on any atom is -0.477 e. The van der Waals surface area contributed by atoms with Crippen molar-refractivity contribution in [1.82, 2.24) is 4.98 Å². The fraction of sp³-hybridized carbons (Fsp3) is 0. The van der Waals surface area contributed by atoms with Gasteiger partial charge in [-0.25, -0.2) is 4.79 Å². The van der Waals surface area contributed by atoms with Crippen LogP contribution in [0.25, 0.3) is 10.9 Å². The Hall–Kier alpha value is -1.37. The van der Waals surface area contributed by atoms with Gasteiger partial charge in [-0.05, 0) is 40.8 Å². The van der Waals surface area contributed by atoms with Crippen LogP contribution in [0.5, 0.6) is 0 Å². The molecule has 0 unspecified atom stereocenters. The van der Waals surface area contributed by atoms with Gasteiger partial charge in [-0.2, -0.15) is 0 Å². The number of carbonyl (C=O) groups is 1. The van der Waals surface area contributed by atoms with E-state index in [-0.39, 0.29) is 11.1 Å². The molecule has 0 saturated carbocycles. The fourth-order valence-electron chi connectivity index (χ4n) is 1.34. The predicted octanol–water partition coefficient (Wildman–Crippen LogP) is 1.83. The number of rotatable bonds is 1. The van der Waals surface area contributed by atoms with Crippen molar-refractivity contribution in [3.05, 3.63) is 43.8 Å². The minimum atomic E-state index is -1.13. The lowest BCUT2D eigenvalue weighted by Gasteiger charge is -2.00. The summed E-state index contributed by atoms with van der Waals surface area (Å²) in [6, 6.07) is 6.32. The van der Waals surface area contributed by atoms with Crippen LogP contribution >= 0.6 is 22.6 Å². The number of hydrogen-bond donors (Lipinski definition) is 2. The van der Waals surface area contributed by atoms with Crippen molar-refractivity contribution in [3.63, 3.8) is 0 Å². The molecule has 4 nitrogen and oxygen atoms in total. The van der Waals surface area contributed by atoms with Crippen molar-refractivity contribution in [3.8, 4) is 0 Å². The number of halogens is 1. The number of pyridine rings is 1. The molecule has 0 atom stereocenters. The third-order valence-corrected chi connectivity index (χ3v) is 2.69. The van der Waals surface area contributed by atoms with E-state index in [9.17, 15) is 9.59 Å². The monoisotopic (exact) mass is 315 g/mol. The van der Waals surface area contributed by atoms with Crippen LogP contribution in [0.1, 0.15) is 10.5 Å². The van der Waals surface area contributed by atoms with Crippen molar-refractivity contribution >= 4 is 39.5 Å². The molecule has 5 heteroatoms. The Bertz CT molecular complexity index is 603. The highest BCUT2D eigenvalue weighted by molar-refractivity contribution is 14.1. The number of fused-ring (bicyclic) bond motifs is 1. The third-order valence-electron chi connectivity index (χ3n) is 2.02.